The van der Waals surface area contributed by atoms with Gasteiger partial charge in [-0.3, -0.25) is 0 Å². The van der Waals surface area contributed by atoms with Gasteiger partial charge in [-0.15, -0.1) is 0 Å². The molecule has 0 heterocycles. The van der Waals surface area contributed by atoms with Crippen molar-refractivity contribution >= 4 is 70.0 Å². The first-order valence-corrected chi connectivity index (χ1v) is 0. The summed E-state index contributed by atoms with van der Waals surface area (Å²) in [6.07, 6.45) is 0. The average molecular weight is 137 g/mol. The van der Waals surface area contributed by atoms with Gasteiger partial charge < -0.3 is 0 Å². The van der Waals surface area contributed by atoms with Crippen LogP contribution >= 0.6 is 0 Å². The predicted octanol–water partition coefficient (Wildman–Crippen LogP) is -1.06. The Morgan fingerprint density at radius 1 is 1.00 bits per heavy atom. The van der Waals surface area contributed by atoms with Crippen LogP contribution in [0.5, 0.6) is 0 Å². The van der Waals surface area contributed by atoms with Gasteiger partial charge in [0.25, 0.3) is 0 Å². The van der Waals surface area contributed by atoms with Crippen LogP contribution in [0.3, 0.4) is 0 Å². The monoisotopic (exact) mass is 137 g/mol. The summed E-state index contributed by atoms with van der Waals surface area (Å²) >= 11 is 0. The molecule has 4 heteroatoms. The zero-order valence-corrected chi connectivity index (χ0v) is 9.20. The Kier molecular flexibility index (Phi) is 258. The fourth-order valence-electron chi connectivity index (χ4n) is 0. The third-order valence-electron chi connectivity index (χ3n) is 0. The average Bonchev–Trinajstić information content (AvgIpc) is 0. The molecule has 0 aliphatic heterocycles. The largest absolute Gasteiger partial charge is 0 e. The molecule has 0 saturated carbocycles. The minimum absolute atomic E-state index is 0. The minimum Gasteiger partial charge on any atom is 0 e. The third kappa shape index (κ3) is 19.7. The van der Waals surface area contributed by atoms with E-state index in [0.29, 0.717) is 0 Å². The Labute approximate surface area is 94.3 Å². The molecule has 0 aliphatic carbocycles. The van der Waals surface area contributed by atoms with Crippen molar-refractivity contribution < 1.29 is 18.6 Å². The fraction of sp³-hybridized carbons (Fsp3) is 0. The summed E-state index contributed by atoms with van der Waals surface area (Å²) in [5.74, 6) is 0. The van der Waals surface area contributed by atoms with E-state index in [4.69, 9.17) is 0 Å². The van der Waals surface area contributed by atoms with E-state index in [0.717, 1.165) is 0 Å². The van der Waals surface area contributed by atoms with Crippen molar-refractivity contribution in [2.75, 3.05) is 0 Å². The van der Waals surface area contributed by atoms with Gasteiger partial charge in [0.1, 0.15) is 0 Å². The van der Waals surface area contributed by atoms with Crippen LogP contribution in [-0.2, 0) is 18.6 Å². The third-order valence-corrected chi connectivity index (χ3v) is 0. The number of hydrogen-bond donors (Lipinski definition) is 0. The standard InChI is InChI=1S/C.Al.Mg.Na.V. The molecule has 0 aromatic heterocycles. The van der Waals surface area contributed by atoms with Crippen molar-refractivity contribution in [2.45, 2.75) is 0 Å². The Morgan fingerprint density at radius 3 is 1.00 bits per heavy atom. The quantitative estimate of drug-likeness (QED) is 0.373. The first-order chi connectivity index (χ1) is 0. The zero-order valence-electron chi connectivity index (χ0n) is 3.23. The van der Waals surface area contributed by atoms with Crippen molar-refractivity contribution in [3.63, 3.8) is 0 Å². The molecule has 0 nitrogen and oxygen atoms in total. The summed E-state index contributed by atoms with van der Waals surface area (Å²) in [6.45, 7) is 0. The number of hydrogen-bond acceptors (Lipinski definition) is 0. The molecule has 0 N–H and O–H groups in total. The van der Waals surface area contributed by atoms with Gasteiger partial charge in [0.2, 0.25) is 0 Å². The number of rotatable bonds is 0. The molecule has 5 heavy (non-hydrogen) atoms. The summed E-state index contributed by atoms with van der Waals surface area (Å²) in [7, 11) is 0. The Morgan fingerprint density at radius 2 is 1.00 bits per heavy atom. The van der Waals surface area contributed by atoms with Gasteiger partial charge >= 0.3 is 0 Å². The van der Waals surface area contributed by atoms with E-state index in [9.17, 15) is 0 Å². The van der Waals surface area contributed by atoms with Gasteiger partial charge in [-0.2, -0.15) is 0 Å². The van der Waals surface area contributed by atoms with Crippen LogP contribution < -0.4 is 0 Å². The smallest absolute Gasteiger partial charge is 0 e. The molecular formula is CAlMgNaV. The van der Waals surface area contributed by atoms with Gasteiger partial charge in [-0.25, -0.2) is 0 Å². The van der Waals surface area contributed by atoms with Crippen LogP contribution in [-0.4, -0.2) is 70.0 Å². The molecule has 11 radical (unpaired) electrons. The molecule has 0 fully saturated rings. The topological polar surface area (TPSA) is 0 Å². The van der Waals surface area contributed by atoms with Gasteiger partial charge in [0.05, 0.1) is 0 Å². The SMILES string of the molecule is [Al].[C].[Mg].[Na].[V]. The maximum atomic E-state index is 0. The van der Waals surface area contributed by atoms with Crippen LogP contribution in [0.4, 0.5) is 0 Å². The molecule has 0 rings (SSSR count). The van der Waals surface area contributed by atoms with Gasteiger partial charge in [-0.05, 0) is 0 Å². The van der Waals surface area contributed by atoms with Crippen molar-refractivity contribution in [3.8, 4) is 0 Å². The Bertz CT molecular complexity index is 11.6. The normalized spacial score (nSPS) is 0. The molecule has 0 aliphatic rings. The molecule has 0 unspecified atom stereocenters. The molecule has 0 bridgehead atoms. The van der Waals surface area contributed by atoms with Crippen LogP contribution in [0.2, 0.25) is 0 Å². The van der Waals surface area contributed by atoms with E-state index in [1.807, 2.05) is 0 Å². The van der Waals surface area contributed by atoms with E-state index < -0.39 is 0 Å². The van der Waals surface area contributed by atoms with Crippen LogP contribution in [0.25, 0.3) is 0 Å². The van der Waals surface area contributed by atoms with E-state index in [-0.39, 0.29) is 96.0 Å². The minimum atomic E-state index is 0. The van der Waals surface area contributed by atoms with Crippen LogP contribution in [0.15, 0.2) is 0 Å². The van der Waals surface area contributed by atoms with Crippen molar-refractivity contribution in [1.82, 2.24) is 0 Å². The maximum Gasteiger partial charge on any atom is 0 e. The summed E-state index contributed by atoms with van der Waals surface area (Å²) in [6, 6.07) is 0. The second-order valence-electron chi connectivity index (χ2n) is 0. The van der Waals surface area contributed by atoms with Gasteiger partial charge in [-0.1, -0.05) is 0 Å². The van der Waals surface area contributed by atoms with Crippen molar-refractivity contribution in [3.05, 3.63) is 7.43 Å². The summed E-state index contributed by atoms with van der Waals surface area (Å²) in [4.78, 5) is 0. The van der Waals surface area contributed by atoms with Crippen LogP contribution in [0, 0.1) is 7.43 Å². The summed E-state index contributed by atoms with van der Waals surface area (Å²) in [5, 5.41) is 0. The summed E-state index contributed by atoms with van der Waals surface area (Å²) < 4.78 is 0. The Balaban J connectivity index is 0. The molecule has 0 aromatic carbocycles. The second kappa shape index (κ2) is 28.7. The van der Waals surface area contributed by atoms with Gasteiger partial charge in [0.15, 0.2) is 0 Å². The molecule has 0 amide bonds. The van der Waals surface area contributed by atoms with Crippen molar-refractivity contribution in [1.29, 1.82) is 0 Å². The molecule has 0 atom stereocenters. The first-order valence-electron chi connectivity index (χ1n) is 0. The van der Waals surface area contributed by atoms with E-state index in [1.165, 1.54) is 0 Å². The van der Waals surface area contributed by atoms with Gasteiger partial charge in [0, 0.05) is 96.0 Å². The molecule has 0 saturated heterocycles. The van der Waals surface area contributed by atoms with Crippen molar-refractivity contribution in [2.24, 2.45) is 0 Å². The first kappa shape index (κ1) is 44.9. The molecule has 0 spiro atoms. The molecule has 15 valence electrons. The summed E-state index contributed by atoms with van der Waals surface area (Å²) in [5.41, 5.74) is 0. The fourth-order valence-corrected chi connectivity index (χ4v) is 0. The van der Waals surface area contributed by atoms with Crippen LogP contribution in [0.1, 0.15) is 0 Å². The maximum absolute atomic E-state index is 0. The molecular weight excluding hydrogens is 137 g/mol. The predicted molar refractivity (Wildman–Crippen MR) is 20.5 cm³/mol. The van der Waals surface area contributed by atoms with E-state index in [2.05, 4.69) is 0 Å². The Hall–Kier alpha value is 2.88. The molecule has 0 aromatic rings. The second-order valence-corrected chi connectivity index (χ2v) is 0. The van der Waals surface area contributed by atoms with E-state index >= 15 is 0 Å². The zero-order chi connectivity index (χ0) is 0. The van der Waals surface area contributed by atoms with E-state index in [1.54, 1.807) is 0 Å².